The summed E-state index contributed by atoms with van der Waals surface area (Å²) in [6.45, 7) is 3.53. The highest BCUT2D eigenvalue weighted by atomic mass is 35.5. The largest absolute Gasteiger partial charge is 0.467 e. The summed E-state index contributed by atoms with van der Waals surface area (Å²) < 4.78 is 10.1. The molecule has 1 N–H and O–H groups in total. The van der Waals surface area contributed by atoms with Gasteiger partial charge in [-0.3, -0.25) is 9.59 Å². The lowest BCUT2D eigenvalue weighted by atomic mass is 9.49. The Labute approximate surface area is 165 Å². The quantitative estimate of drug-likeness (QED) is 0.525. The van der Waals surface area contributed by atoms with Crippen LogP contribution in [0.3, 0.4) is 0 Å². The third-order valence-electron chi connectivity index (χ3n) is 6.29. The van der Waals surface area contributed by atoms with Crippen molar-refractivity contribution in [2.75, 3.05) is 13.7 Å². The highest BCUT2D eigenvalue weighted by Crippen LogP contribution is 2.64. The highest BCUT2D eigenvalue weighted by Gasteiger charge is 2.60. The van der Waals surface area contributed by atoms with Crippen molar-refractivity contribution in [3.05, 3.63) is 0 Å². The Hall–Kier alpha value is -1.30. The maximum atomic E-state index is 12.8. The van der Waals surface area contributed by atoms with Gasteiger partial charge in [-0.05, 0) is 62.7 Å². The van der Waals surface area contributed by atoms with Crippen LogP contribution in [0.4, 0.5) is 0 Å². The van der Waals surface area contributed by atoms with E-state index in [9.17, 15) is 14.4 Å². The van der Waals surface area contributed by atoms with Gasteiger partial charge < -0.3 is 14.8 Å². The monoisotopic (exact) mass is 399 g/mol. The van der Waals surface area contributed by atoms with Gasteiger partial charge in [0.05, 0.1) is 12.5 Å². The first-order valence-corrected chi connectivity index (χ1v) is 10.3. The number of hydrogen-bond acceptors (Lipinski definition) is 5. The lowest BCUT2D eigenvalue weighted by molar-refractivity contribution is -0.172. The van der Waals surface area contributed by atoms with Crippen LogP contribution < -0.4 is 5.32 Å². The van der Waals surface area contributed by atoms with Gasteiger partial charge in [0, 0.05) is 4.87 Å². The van der Waals surface area contributed by atoms with Gasteiger partial charge in [-0.15, -0.1) is 11.6 Å². The minimum atomic E-state index is -0.730. The molecule has 152 valence electrons. The molecule has 5 atom stereocenters. The van der Waals surface area contributed by atoms with E-state index in [0.717, 1.165) is 32.1 Å². The first kappa shape index (κ1) is 20.4. The molecule has 0 aromatic heterocycles. The summed E-state index contributed by atoms with van der Waals surface area (Å²) >= 11 is 6.76. The summed E-state index contributed by atoms with van der Waals surface area (Å²) in [6, 6.07) is -0.730. The standard InChI is InChI=1S/C20H30ClNO5/c1-12(2)4-15(17(24)26-3)22-16(23)10-27-18(25)19-6-13-5-14(7-19)9-20(21,8-13)11-19/h12-15H,4-11H2,1-3H3,(H,22,23)/t13-,14+,15-,19?,20?/m0/s1. The number of hydrogen-bond donors (Lipinski definition) is 1. The molecule has 0 aliphatic heterocycles. The number of esters is 2. The number of ether oxygens (including phenoxy) is 2. The number of alkyl halides is 1. The number of halogens is 1. The van der Waals surface area contributed by atoms with Gasteiger partial charge in [0.15, 0.2) is 6.61 Å². The van der Waals surface area contributed by atoms with Crippen LogP contribution in [0.2, 0.25) is 0 Å². The minimum Gasteiger partial charge on any atom is -0.467 e. The summed E-state index contributed by atoms with van der Waals surface area (Å²) in [6.07, 6.45) is 5.86. The lowest BCUT2D eigenvalue weighted by Gasteiger charge is -2.58. The van der Waals surface area contributed by atoms with Gasteiger partial charge >= 0.3 is 11.9 Å². The Balaban J connectivity index is 1.56. The number of carbonyl (C=O) groups excluding carboxylic acids is 3. The topological polar surface area (TPSA) is 81.7 Å². The van der Waals surface area contributed by atoms with E-state index in [1.807, 2.05) is 13.8 Å². The average molecular weight is 400 g/mol. The van der Waals surface area contributed by atoms with Crippen LogP contribution in [-0.4, -0.2) is 42.5 Å². The fraction of sp³-hybridized carbons (Fsp3) is 0.850. The van der Waals surface area contributed by atoms with Crippen LogP contribution in [0.1, 0.15) is 58.8 Å². The first-order valence-electron chi connectivity index (χ1n) is 9.88. The van der Waals surface area contributed by atoms with Crippen molar-refractivity contribution in [1.29, 1.82) is 0 Å². The molecule has 6 nitrogen and oxygen atoms in total. The smallest absolute Gasteiger partial charge is 0.328 e. The lowest BCUT2D eigenvalue weighted by Crippen LogP contribution is -2.56. The maximum Gasteiger partial charge on any atom is 0.328 e. The van der Waals surface area contributed by atoms with E-state index in [2.05, 4.69) is 5.32 Å². The molecule has 0 radical (unpaired) electrons. The van der Waals surface area contributed by atoms with Crippen LogP contribution in [-0.2, 0) is 23.9 Å². The summed E-state index contributed by atoms with van der Waals surface area (Å²) in [5.41, 5.74) is -0.536. The molecular formula is C20H30ClNO5. The van der Waals surface area contributed by atoms with Crippen LogP contribution >= 0.6 is 11.6 Å². The molecule has 2 unspecified atom stereocenters. The molecule has 7 heteroatoms. The molecule has 0 heterocycles. The maximum absolute atomic E-state index is 12.8. The van der Waals surface area contributed by atoms with Gasteiger partial charge in [0.1, 0.15) is 6.04 Å². The molecule has 4 bridgehead atoms. The summed E-state index contributed by atoms with van der Waals surface area (Å²) in [5.74, 6) is -0.0999. The van der Waals surface area contributed by atoms with Gasteiger partial charge in [0.25, 0.3) is 5.91 Å². The second-order valence-electron chi connectivity index (χ2n) is 9.24. The molecule has 4 fully saturated rings. The zero-order chi connectivity index (χ0) is 19.8. The SMILES string of the molecule is COC(=O)[C@H](CC(C)C)NC(=O)COC(=O)C12C[C@@H]3C[C@@H](CC(Cl)(C3)C1)C2. The van der Waals surface area contributed by atoms with Gasteiger partial charge in [0.2, 0.25) is 0 Å². The number of methoxy groups -OCH3 is 1. The normalized spacial score (nSPS) is 35.0. The van der Waals surface area contributed by atoms with Crippen molar-refractivity contribution in [2.24, 2.45) is 23.2 Å². The number of amides is 1. The molecule has 0 spiro atoms. The van der Waals surface area contributed by atoms with E-state index in [0.29, 0.717) is 24.7 Å². The third-order valence-corrected chi connectivity index (χ3v) is 6.73. The van der Waals surface area contributed by atoms with E-state index in [4.69, 9.17) is 21.1 Å². The predicted molar refractivity (Wildman–Crippen MR) is 100 cm³/mol. The molecule has 27 heavy (non-hydrogen) atoms. The number of rotatable bonds is 7. The summed E-state index contributed by atoms with van der Waals surface area (Å²) in [5, 5.41) is 2.62. The Kier molecular flexibility index (Phi) is 5.76. The zero-order valence-electron chi connectivity index (χ0n) is 16.4. The van der Waals surface area contributed by atoms with E-state index in [1.54, 1.807) is 0 Å². The molecule has 1 amide bonds. The number of carbonyl (C=O) groups is 3. The summed E-state index contributed by atoms with van der Waals surface area (Å²) in [7, 11) is 1.29. The van der Waals surface area contributed by atoms with E-state index < -0.39 is 23.3 Å². The molecule has 0 saturated heterocycles. The Morgan fingerprint density at radius 1 is 1.15 bits per heavy atom. The molecular weight excluding hydrogens is 370 g/mol. The van der Waals surface area contributed by atoms with Gasteiger partial charge in [-0.25, -0.2) is 4.79 Å². The van der Waals surface area contributed by atoms with E-state index in [-0.39, 0.29) is 23.4 Å². The average Bonchev–Trinajstić information content (AvgIpc) is 2.55. The molecule has 4 saturated carbocycles. The fourth-order valence-electron chi connectivity index (χ4n) is 5.74. The zero-order valence-corrected chi connectivity index (χ0v) is 17.1. The Morgan fingerprint density at radius 3 is 2.30 bits per heavy atom. The van der Waals surface area contributed by atoms with Crippen molar-refractivity contribution in [2.45, 2.75) is 69.7 Å². The van der Waals surface area contributed by atoms with E-state index >= 15 is 0 Å². The van der Waals surface area contributed by atoms with Crippen molar-refractivity contribution >= 4 is 29.4 Å². The van der Waals surface area contributed by atoms with E-state index in [1.165, 1.54) is 7.11 Å². The third kappa shape index (κ3) is 4.41. The van der Waals surface area contributed by atoms with Crippen molar-refractivity contribution in [1.82, 2.24) is 5.32 Å². The second kappa shape index (κ2) is 7.61. The van der Waals surface area contributed by atoms with Crippen molar-refractivity contribution in [3.63, 3.8) is 0 Å². The van der Waals surface area contributed by atoms with Gasteiger partial charge in [-0.2, -0.15) is 0 Å². The number of nitrogens with one attached hydrogen (secondary N) is 1. The second-order valence-corrected chi connectivity index (χ2v) is 10.0. The minimum absolute atomic E-state index is 0.212. The van der Waals surface area contributed by atoms with Crippen LogP contribution in [0.15, 0.2) is 0 Å². The molecule has 4 aliphatic rings. The summed E-state index contributed by atoms with van der Waals surface area (Å²) in [4.78, 5) is 36.6. The highest BCUT2D eigenvalue weighted by molar-refractivity contribution is 6.24. The molecule has 0 aromatic carbocycles. The molecule has 0 aromatic rings. The van der Waals surface area contributed by atoms with Crippen molar-refractivity contribution < 1.29 is 23.9 Å². The Bertz CT molecular complexity index is 605. The van der Waals surface area contributed by atoms with Crippen LogP contribution in [0, 0.1) is 23.2 Å². The van der Waals surface area contributed by atoms with Crippen LogP contribution in [0.5, 0.6) is 0 Å². The first-order chi connectivity index (χ1) is 12.6. The fourth-order valence-corrected chi connectivity index (χ4v) is 6.43. The Morgan fingerprint density at radius 2 is 1.78 bits per heavy atom. The van der Waals surface area contributed by atoms with Crippen molar-refractivity contribution in [3.8, 4) is 0 Å². The molecule has 4 rings (SSSR count). The molecule has 4 aliphatic carbocycles. The van der Waals surface area contributed by atoms with Crippen LogP contribution in [0.25, 0.3) is 0 Å². The predicted octanol–water partition coefficient (Wildman–Crippen LogP) is 2.81. The van der Waals surface area contributed by atoms with Gasteiger partial charge in [-0.1, -0.05) is 13.8 Å².